The minimum absolute atomic E-state index is 0.0999. The molecular formula is C29H37ClN4O6S. The lowest BCUT2D eigenvalue weighted by Crippen LogP contribution is -2.68. The van der Waals surface area contributed by atoms with E-state index in [0.717, 1.165) is 46.4 Å². The van der Waals surface area contributed by atoms with Crippen molar-refractivity contribution in [2.45, 2.75) is 92.5 Å². The molecule has 10 rings (SSSR count). The van der Waals surface area contributed by atoms with Crippen LogP contribution in [0.5, 0.6) is 0 Å². The van der Waals surface area contributed by atoms with Gasteiger partial charge in [0.05, 0.1) is 23.0 Å². The van der Waals surface area contributed by atoms with Crippen molar-refractivity contribution in [3.05, 3.63) is 29.8 Å². The zero-order valence-electron chi connectivity index (χ0n) is 23.3. The number of ether oxygens (including phenoxy) is 1. The van der Waals surface area contributed by atoms with Crippen LogP contribution in [0.4, 0.5) is 0 Å². The van der Waals surface area contributed by atoms with Gasteiger partial charge in [0.25, 0.3) is 0 Å². The van der Waals surface area contributed by atoms with Crippen molar-refractivity contribution >= 4 is 17.7 Å². The van der Waals surface area contributed by atoms with Gasteiger partial charge < -0.3 is 4.74 Å². The Kier molecular flexibility index (Phi) is 6.95. The van der Waals surface area contributed by atoms with Gasteiger partial charge in [0, 0.05) is 4.75 Å². The summed E-state index contributed by atoms with van der Waals surface area (Å²) in [5.74, 6) is 5.00. The van der Waals surface area contributed by atoms with Crippen LogP contribution in [-0.2, 0) is 10.3 Å². The number of esters is 1. The van der Waals surface area contributed by atoms with Gasteiger partial charge in [-0.05, 0) is 153 Å². The fraction of sp³-hybridized carbons (Fsp3) is 0.724. The molecule has 2 aromatic rings. The highest BCUT2D eigenvalue weighted by atomic mass is 35.7. The Bertz CT molecular complexity index is 1230. The molecule has 8 aliphatic carbocycles. The number of thioether (sulfide) groups is 1. The lowest BCUT2D eigenvalue weighted by Gasteiger charge is -2.55. The molecule has 1 aromatic carbocycles. The van der Waals surface area contributed by atoms with Gasteiger partial charge in [-0.15, -0.1) is 10.2 Å². The Morgan fingerprint density at radius 3 is 1.73 bits per heavy atom. The average molecular weight is 605 g/mol. The van der Waals surface area contributed by atoms with Crippen molar-refractivity contribution in [1.29, 1.82) is 0 Å². The van der Waals surface area contributed by atoms with E-state index in [0.29, 0.717) is 10.3 Å². The molecule has 0 saturated heterocycles. The smallest absolute Gasteiger partial charge is 0.363 e. The van der Waals surface area contributed by atoms with Crippen LogP contribution < -0.4 is 23.3 Å². The van der Waals surface area contributed by atoms with Gasteiger partial charge in [-0.2, -0.15) is 0 Å². The molecule has 1 aromatic heterocycles. The van der Waals surface area contributed by atoms with E-state index in [1.54, 1.807) is 0 Å². The molecule has 0 amide bonds. The van der Waals surface area contributed by atoms with E-state index in [1.807, 2.05) is 36.0 Å². The molecule has 41 heavy (non-hydrogen) atoms. The second-order valence-electron chi connectivity index (χ2n) is 13.8. The highest BCUT2D eigenvalue weighted by Crippen LogP contribution is 2.62. The zero-order valence-corrected chi connectivity index (χ0v) is 24.9. The molecular weight excluding hydrogens is 568 g/mol. The number of methoxy groups -OCH3 is 1. The van der Waals surface area contributed by atoms with Gasteiger partial charge in [0.15, 0.2) is 0 Å². The molecule has 1 heterocycles. The molecule has 12 heteroatoms. The molecule has 0 unspecified atom stereocenters. The van der Waals surface area contributed by atoms with Crippen LogP contribution >= 0.6 is 11.8 Å². The molecule has 222 valence electrons. The zero-order chi connectivity index (χ0) is 28.6. The summed E-state index contributed by atoms with van der Waals surface area (Å²) in [5.41, 5.74) is 1.67. The van der Waals surface area contributed by atoms with Crippen molar-refractivity contribution in [3.8, 4) is 5.69 Å². The molecule has 0 aliphatic heterocycles. The molecule has 0 spiro atoms. The maximum atomic E-state index is 12.0. The van der Waals surface area contributed by atoms with Crippen LogP contribution in [0.15, 0.2) is 29.4 Å². The number of carbonyl (C=O) groups is 1. The van der Waals surface area contributed by atoms with E-state index in [2.05, 4.69) is 9.48 Å². The van der Waals surface area contributed by atoms with E-state index in [9.17, 15) is 4.79 Å². The topological polar surface area (TPSA) is 153 Å². The van der Waals surface area contributed by atoms with Gasteiger partial charge in [0.2, 0.25) is 0 Å². The van der Waals surface area contributed by atoms with E-state index >= 15 is 0 Å². The summed E-state index contributed by atoms with van der Waals surface area (Å²) in [6.07, 6.45) is 16.4. The number of benzene rings is 1. The van der Waals surface area contributed by atoms with Gasteiger partial charge in [-0.25, -0.2) is 23.4 Å². The van der Waals surface area contributed by atoms with Crippen LogP contribution in [0.25, 0.3) is 5.69 Å². The number of hydrogen-bond donors (Lipinski definition) is 0. The highest BCUT2D eigenvalue weighted by molar-refractivity contribution is 8.00. The Hall–Kier alpha value is -1.76. The van der Waals surface area contributed by atoms with E-state index in [-0.39, 0.29) is 11.5 Å². The van der Waals surface area contributed by atoms with E-state index in [4.69, 9.17) is 33.7 Å². The second kappa shape index (κ2) is 10.2. The Morgan fingerprint density at radius 2 is 1.29 bits per heavy atom. The summed E-state index contributed by atoms with van der Waals surface area (Å²) in [7, 11) is -3.51. The quantitative estimate of drug-likeness (QED) is 0.352. The maximum absolute atomic E-state index is 12.0. The van der Waals surface area contributed by atoms with Crippen molar-refractivity contribution in [1.82, 2.24) is 15.1 Å². The first-order chi connectivity index (χ1) is 19.5. The lowest BCUT2D eigenvalue weighted by atomic mass is 9.53. The summed E-state index contributed by atoms with van der Waals surface area (Å²) in [6.45, 7) is 0. The number of rotatable bonds is 5. The summed E-state index contributed by atoms with van der Waals surface area (Å²) in [6, 6.07) is 7.73. The van der Waals surface area contributed by atoms with Gasteiger partial charge in [-0.1, -0.05) is 4.68 Å². The third-order valence-corrected chi connectivity index (χ3v) is 12.2. The molecule has 0 radical (unpaired) electrons. The Balaban J connectivity index is 0.000000512. The highest BCUT2D eigenvalue weighted by Gasteiger charge is 2.58. The maximum Gasteiger partial charge on any atom is 0.363 e. The SMILES string of the molecule is COC(=O)c1ccc(-[n+]2nn(C34CC5CC(CC(C5)C3)C4)nc2SC23CC4CC(CC(C4)C2)C3)cc1.[O-][Cl+3]([O-])([O-])[O-]. The summed E-state index contributed by atoms with van der Waals surface area (Å²) in [5, 5.41) is 11.7. The third kappa shape index (κ3) is 5.54. The molecule has 0 atom stereocenters. The standard InChI is InChI=1S/C29H37N4O2S.ClHO4/c1-35-26(34)24-2-4-25(5-3-24)32-27(36-29-15-21-9-22(16-29)11-23(10-21)17-29)30-33(31-32)28-12-18-6-19(13-28)8-20(7-18)14-28;2-1(3,4)5/h2-5,18-23H,6-17H2,1H3;(H,2,3,4,5)/q+1;/p-1. The first-order valence-corrected chi connectivity index (χ1v) is 16.9. The molecule has 8 saturated carbocycles. The normalized spacial score (nSPS) is 38.1. The Morgan fingerprint density at radius 1 is 0.854 bits per heavy atom. The monoisotopic (exact) mass is 604 g/mol. The summed E-state index contributed by atoms with van der Waals surface area (Å²) in [4.78, 5) is 14.2. The van der Waals surface area contributed by atoms with Gasteiger partial charge in [0.1, 0.15) is 11.2 Å². The van der Waals surface area contributed by atoms with Crippen molar-refractivity contribution < 1.29 is 43.1 Å². The summed E-state index contributed by atoms with van der Waals surface area (Å²) < 4.78 is 41.3. The number of aromatic nitrogens is 4. The fourth-order valence-corrected chi connectivity index (χ4v) is 11.9. The number of carbonyl (C=O) groups excluding carboxylic acids is 1. The Labute approximate surface area is 246 Å². The fourth-order valence-electron chi connectivity index (χ4n) is 10.2. The molecule has 8 aliphatic rings. The number of hydrogen-bond acceptors (Lipinski definition) is 9. The van der Waals surface area contributed by atoms with Crippen LogP contribution in [0.1, 0.15) is 87.4 Å². The predicted octanol–water partition coefficient (Wildman–Crippen LogP) is 0.572. The van der Waals surface area contributed by atoms with E-state index < -0.39 is 10.2 Å². The first-order valence-electron chi connectivity index (χ1n) is 14.9. The van der Waals surface area contributed by atoms with E-state index in [1.165, 1.54) is 84.2 Å². The second-order valence-corrected chi connectivity index (χ2v) is 16.0. The summed E-state index contributed by atoms with van der Waals surface area (Å²) >= 11 is 2.04. The first kappa shape index (κ1) is 28.0. The largest absolute Gasteiger partial charge is 0.465 e. The van der Waals surface area contributed by atoms with Gasteiger partial charge >= 0.3 is 11.1 Å². The molecule has 10 nitrogen and oxygen atoms in total. The molecule has 8 fully saturated rings. The lowest BCUT2D eigenvalue weighted by molar-refractivity contribution is -2.00. The minimum atomic E-state index is -4.94. The van der Waals surface area contributed by atoms with Crippen molar-refractivity contribution in [2.75, 3.05) is 7.11 Å². The molecule has 8 bridgehead atoms. The number of tetrazole rings is 1. The third-order valence-electron chi connectivity index (χ3n) is 10.8. The van der Waals surface area contributed by atoms with Gasteiger partial charge in [-0.3, -0.25) is 0 Å². The number of nitrogens with zero attached hydrogens (tertiary/aromatic N) is 4. The van der Waals surface area contributed by atoms with Crippen LogP contribution in [0.3, 0.4) is 0 Å². The average Bonchev–Trinajstić information content (AvgIpc) is 3.30. The van der Waals surface area contributed by atoms with Crippen LogP contribution in [0.2, 0.25) is 0 Å². The minimum Gasteiger partial charge on any atom is -0.465 e. The van der Waals surface area contributed by atoms with Crippen molar-refractivity contribution in [2.24, 2.45) is 35.5 Å². The number of halogens is 1. The predicted molar refractivity (Wildman–Crippen MR) is 136 cm³/mol. The van der Waals surface area contributed by atoms with Crippen LogP contribution in [0, 0.1) is 45.8 Å². The van der Waals surface area contributed by atoms with Crippen molar-refractivity contribution in [3.63, 3.8) is 0 Å². The molecule has 0 N–H and O–H groups in total. The van der Waals surface area contributed by atoms with Crippen LogP contribution in [-0.4, -0.2) is 32.9 Å².